The van der Waals surface area contributed by atoms with Crippen LogP contribution in [0.4, 0.5) is 5.13 Å². The maximum absolute atomic E-state index is 12.3. The van der Waals surface area contributed by atoms with Crippen molar-refractivity contribution in [2.45, 2.75) is 35.6 Å². The number of hydrogen-bond donors (Lipinski definition) is 1. The molecule has 1 saturated heterocycles. The fourth-order valence-electron chi connectivity index (χ4n) is 2.87. The summed E-state index contributed by atoms with van der Waals surface area (Å²) < 4.78 is 6.69. The minimum absolute atomic E-state index is 0.0637. The molecule has 20 heavy (non-hydrogen) atoms. The van der Waals surface area contributed by atoms with Gasteiger partial charge in [0, 0.05) is 13.1 Å². The van der Waals surface area contributed by atoms with E-state index in [1.54, 1.807) is 0 Å². The van der Waals surface area contributed by atoms with Gasteiger partial charge in [0.25, 0.3) is 0 Å². The summed E-state index contributed by atoms with van der Waals surface area (Å²) in [5.41, 5.74) is 5.46. The second-order valence-electron chi connectivity index (χ2n) is 5.25. The average Bonchev–Trinajstić information content (AvgIpc) is 3.06. The maximum Gasteiger partial charge on any atom is 0.233 e. The van der Waals surface area contributed by atoms with Crippen LogP contribution < -0.4 is 5.73 Å². The lowest BCUT2D eigenvalue weighted by molar-refractivity contribution is -0.147. The zero-order valence-corrected chi connectivity index (χ0v) is 12.8. The third-order valence-corrected chi connectivity index (χ3v) is 5.73. The van der Waals surface area contributed by atoms with Gasteiger partial charge < -0.3 is 15.4 Å². The predicted octanol–water partition coefficient (Wildman–Crippen LogP) is 1.38. The van der Waals surface area contributed by atoms with Crippen molar-refractivity contribution in [1.29, 1.82) is 0 Å². The number of ether oxygens (including phenoxy) is 1. The van der Waals surface area contributed by atoms with Crippen LogP contribution in [0.15, 0.2) is 4.34 Å². The van der Waals surface area contributed by atoms with Crippen LogP contribution in [0.5, 0.6) is 0 Å². The number of amides is 1. The largest absolute Gasteiger partial charge is 0.374 e. The van der Waals surface area contributed by atoms with Crippen LogP contribution in [0.25, 0.3) is 0 Å². The van der Waals surface area contributed by atoms with Gasteiger partial charge in [0.1, 0.15) is 0 Å². The van der Waals surface area contributed by atoms with Crippen LogP contribution in [-0.4, -0.2) is 52.1 Å². The molecule has 0 aromatic carbocycles. The summed E-state index contributed by atoms with van der Waals surface area (Å²) in [5.74, 6) is 0.545. The van der Waals surface area contributed by atoms with Crippen molar-refractivity contribution in [3.8, 4) is 0 Å². The number of morpholine rings is 1. The van der Waals surface area contributed by atoms with Gasteiger partial charge in [-0.05, 0) is 12.8 Å². The summed E-state index contributed by atoms with van der Waals surface area (Å²) in [6, 6.07) is 0. The lowest BCUT2D eigenvalue weighted by atomic mass is 10.00. The Hall–Kier alpha value is -0.860. The average molecular weight is 314 g/mol. The van der Waals surface area contributed by atoms with Gasteiger partial charge in [-0.1, -0.05) is 35.9 Å². The lowest BCUT2D eigenvalue weighted by Crippen LogP contribution is -2.52. The Bertz CT molecular complexity index is 488. The van der Waals surface area contributed by atoms with Gasteiger partial charge in [0.05, 0.1) is 18.0 Å². The molecule has 110 valence electrons. The van der Waals surface area contributed by atoms with E-state index in [0.717, 1.165) is 23.7 Å². The highest BCUT2D eigenvalue weighted by molar-refractivity contribution is 8.01. The first-order valence-electron chi connectivity index (χ1n) is 6.80. The SMILES string of the molecule is Nc1nnc(SCC(=O)N2CCOC3(CCCC3)C2)s1. The van der Waals surface area contributed by atoms with Crippen LogP contribution in [0.3, 0.4) is 0 Å². The van der Waals surface area contributed by atoms with Crippen LogP contribution >= 0.6 is 23.1 Å². The number of anilines is 1. The summed E-state index contributed by atoms with van der Waals surface area (Å²) in [6.45, 7) is 2.09. The molecular formula is C12H18N4O2S2. The molecular weight excluding hydrogens is 296 g/mol. The first-order valence-corrected chi connectivity index (χ1v) is 8.61. The summed E-state index contributed by atoms with van der Waals surface area (Å²) >= 11 is 2.73. The molecule has 1 spiro atoms. The number of rotatable bonds is 3. The lowest BCUT2D eigenvalue weighted by Gasteiger charge is -2.40. The molecule has 0 radical (unpaired) electrons. The second-order valence-corrected chi connectivity index (χ2v) is 7.48. The Kier molecular flexibility index (Phi) is 4.13. The Balaban J connectivity index is 1.54. The molecule has 1 aliphatic carbocycles. The topological polar surface area (TPSA) is 81.3 Å². The molecule has 6 nitrogen and oxygen atoms in total. The van der Waals surface area contributed by atoms with Crippen molar-refractivity contribution >= 4 is 34.1 Å². The van der Waals surface area contributed by atoms with Crippen LogP contribution in [0.2, 0.25) is 0 Å². The number of nitrogen functional groups attached to an aromatic ring is 1. The normalized spacial score (nSPS) is 21.5. The van der Waals surface area contributed by atoms with Crippen LogP contribution in [0, 0.1) is 0 Å². The standard InChI is InChI=1S/C12H18N4O2S2/c13-10-14-15-11(20-10)19-7-9(17)16-5-6-18-12(8-16)3-1-2-4-12/h1-8H2,(H2,13,14). The molecule has 1 aromatic rings. The van der Waals surface area contributed by atoms with E-state index in [4.69, 9.17) is 10.5 Å². The highest BCUT2D eigenvalue weighted by Crippen LogP contribution is 2.36. The molecule has 2 N–H and O–H groups in total. The molecule has 1 aliphatic heterocycles. The Morgan fingerprint density at radius 2 is 2.25 bits per heavy atom. The summed E-state index contributed by atoms with van der Waals surface area (Å²) in [7, 11) is 0. The number of hydrogen-bond acceptors (Lipinski definition) is 7. The van der Waals surface area contributed by atoms with Crippen LogP contribution in [0.1, 0.15) is 25.7 Å². The number of aromatic nitrogens is 2. The van der Waals surface area contributed by atoms with E-state index in [1.165, 1.54) is 35.9 Å². The summed E-state index contributed by atoms with van der Waals surface area (Å²) in [6.07, 6.45) is 4.58. The van der Waals surface area contributed by atoms with Crippen molar-refractivity contribution in [3.63, 3.8) is 0 Å². The van der Waals surface area contributed by atoms with E-state index in [9.17, 15) is 4.79 Å². The van der Waals surface area contributed by atoms with Gasteiger partial charge in [0.2, 0.25) is 11.0 Å². The Labute approximate surface area is 126 Å². The fourth-order valence-corrected chi connectivity index (χ4v) is 4.41. The van der Waals surface area contributed by atoms with Gasteiger partial charge in [-0.3, -0.25) is 4.79 Å². The van der Waals surface area contributed by atoms with Gasteiger partial charge in [-0.25, -0.2) is 0 Å². The highest BCUT2D eigenvalue weighted by Gasteiger charge is 2.40. The Morgan fingerprint density at radius 1 is 1.45 bits per heavy atom. The molecule has 0 atom stereocenters. The predicted molar refractivity (Wildman–Crippen MR) is 78.8 cm³/mol. The second kappa shape index (κ2) is 5.87. The monoisotopic (exact) mass is 314 g/mol. The molecule has 8 heteroatoms. The molecule has 0 bridgehead atoms. The molecule has 2 aliphatic rings. The quantitative estimate of drug-likeness (QED) is 0.849. The number of carbonyl (C=O) groups excluding carboxylic acids is 1. The van der Waals surface area contributed by atoms with Crippen molar-refractivity contribution in [1.82, 2.24) is 15.1 Å². The number of nitrogens with two attached hydrogens (primary N) is 1. The van der Waals surface area contributed by atoms with Crippen molar-refractivity contribution in [2.75, 3.05) is 31.2 Å². The number of carbonyl (C=O) groups is 1. The first-order chi connectivity index (χ1) is 9.67. The molecule has 3 rings (SSSR count). The molecule has 2 heterocycles. The van der Waals surface area contributed by atoms with Gasteiger partial charge in [-0.15, -0.1) is 10.2 Å². The zero-order valence-electron chi connectivity index (χ0n) is 11.2. The maximum atomic E-state index is 12.3. The molecule has 1 aromatic heterocycles. The van der Waals surface area contributed by atoms with E-state index >= 15 is 0 Å². The molecule has 1 saturated carbocycles. The van der Waals surface area contributed by atoms with E-state index in [1.807, 2.05) is 4.90 Å². The van der Waals surface area contributed by atoms with Gasteiger partial charge in [0.15, 0.2) is 4.34 Å². The van der Waals surface area contributed by atoms with E-state index in [0.29, 0.717) is 24.0 Å². The minimum Gasteiger partial charge on any atom is -0.374 e. The molecule has 0 unspecified atom stereocenters. The number of thioether (sulfide) groups is 1. The zero-order chi connectivity index (χ0) is 14.0. The van der Waals surface area contributed by atoms with Crippen molar-refractivity contribution in [2.24, 2.45) is 0 Å². The molecule has 2 fully saturated rings. The van der Waals surface area contributed by atoms with E-state index in [-0.39, 0.29) is 11.5 Å². The van der Waals surface area contributed by atoms with E-state index in [2.05, 4.69) is 10.2 Å². The number of nitrogens with zero attached hydrogens (tertiary/aromatic N) is 3. The third-order valence-electron chi connectivity index (χ3n) is 3.86. The van der Waals surface area contributed by atoms with Crippen molar-refractivity contribution in [3.05, 3.63) is 0 Å². The minimum atomic E-state index is -0.0637. The summed E-state index contributed by atoms with van der Waals surface area (Å²) in [5, 5.41) is 8.10. The third kappa shape index (κ3) is 3.07. The molecule has 1 amide bonds. The first kappa shape index (κ1) is 14.1. The van der Waals surface area contributed by atoms with Gasteiger partial charge in [-0.2, -0.15) is 0 Å². The van der Waals surface area contributed by atoms with Gasteiger partial charge >= 0.3 is 0 Å². The van der Waals surface area contributed by atoms with E-state index < -0.39 is 0 Å². The fraction of sp³-hybridized carbons (Fsp3) is 0.750. The van der Waals surface area contributed by atoms with Crippen molar-refractivity contribution < 1.29 is 9.53 Å². The highest BCUT2D eigenvalue weighted by atomic mass is 32.2. The Morgan fingerprint density at radius 3 is 2.95 bits per heavy atom. The smallest absolute Gasteiger partial charge is 0.233 e. The van der Waals surface area contributed by atoms with Crippen LogP contribution in [-0.2, 0) is 9.53 Å². The summed E-state index contributed by atoms with van der Waals surface area (Å²) in [4.78, 5) is 14.2.